The van der Waals surface area contributed by atoms with Crippen molar-refractivity contribution in [2.45, 2.75) is 39.2 Å². The van der Waals surface area contributed by atoms with Gasteiger partial charge in [-0.05, 0) is 44.7 Å². The molecule has 2 aromatic rings. The second-order valence-corrected chi connectivity index (χ2v) is 6.71. The molecule has 1 amide bonds. The molecular formula is C18H25N3O3. The van der Waals surface area contributed by atoms with Crippen molar-refractivity contribution in [2.24, 2.45) is 5.92 Å². The lowest BCUT2D eigenvalue weighted by Crippen LogP contribution is -2.39. The summed E-state index contributed by atoms with van der Waals surface area (Å²) in [6.07, 6.45) is 2.67. The standard InChI is InChI=1S/C18H25N3O3/c1-12(2)19-17(22)9-13-5-4-8-21(11-13)18-20-15-10-14(23-3)6-7-16(15)24-18/h6-7,10,12-13H,4-5,8-9,11H2,1-3H3,(H,19,22). The van der Waals surface area contributed by atoms with Crippen molar-refractivity contribution in [1.82, 2.24) is 10.3 Å². The zero-order valence-electron chi connectivity index (χ0n) is 14.5. The highest BCUT2D eigenvalue weighted by Gasteiger charge is 2.25. The second-order valence-electron chi connectivity index (χ2n) is 6.71. The van der Waals surface area contributed by atoms with E-state index in [1.807, 2.05) is 32.0 Å². The van der Waals surface area contributed by atoms with E-state index in [0.29, 0.717) is 18.4 Å². The third kappa shape index (κ3) is 3.80. The summed E-state index contributed by atoms with van der Waals surface area (Å²) in [5, 5.41) is 2.97. The van der Waals surface area contributed by atoms with Gasteiger partial charge >= 0.3 is 0 Å². The Kier molecular flexibility index (Phi) is 4.92. The summed E-state index contributed by atoms with van der Waals surface area (Å²) in [6, 6.07) is 6.44. The topological polar surface area (TPSA) is 67.6 Å². The van der Waals surface area contributed by atoms with E-state index < -0.39 is 0 Å². The molecule has 1 fully saturated rings. The first kappa shape index (κ1) is 16.6. The maximum absolute atomic E-state index is 12.0. The molecule has 2 heterocycles. The Labute approximate surface area is 142 Å². The minimum Gasteiger partial charge on any atom is -0.497 e. The van der Waals surface area contributed by atoms with E-state index in [0.717, 1.165) is 42.8 Å². The summed E-state index contributed by atoms with van der Waals surface area (Å²) < 4.78 is 11.1. The van der Waals surface area contributed by atoms with E-state index in [1.165, 1.54) is 0 Å². The Morgan fingerprint density at radius 2 is 2.33 bits per heavy atom. The Morgan fingerprint density at radius 3 is 3.08 bits per heavy atom. The number of aromatic nitrogens is 1. The van der Waals surface area contributed by atoms with Crippen LogP contribution in [-0.2, 0) is 4.79 Å². The molecule has 1 aliphatic rings. The molecule has 1 aromatic heterocycles. The highest BCUT2D eigenvalue weighted by molar-refractivity contribution is 5.77. The van der Waals surface area contributed by atoms with Crippen molar-refractivity contribution in [3.8, 4) is 5.75 Å². The number of oxazole rings is 1. The van der Waals surface area contributed by atoms with Crippen LogP contribution in [0.1, 0.15) is 33.1 Å². The average Bonchev–Trinajstić information content (AvgIpc) is 2.97. The van der Waals surface area contributed by atoms with Gasteiger partial charge in [-0.2, -0.15) is 4.98 Å². The fraction of sp³-hybridized carbons (Fsp3) is 0.556. The fourth-order valence-electron chi connectivity index (χ4n) is 3.21. The van der Waals surface area contributed by atoms with Gasteiger partial charge in [0.25, 0.3) is 6.01 Å². The highest BCUT2D eigenvalue weighted by Crippen LogP contribution is 2.29. The van der Waals surface area contributed by atoms with E-state index >= 15 is 0 Å². The van der Waals surface area contributed by atoms with E-state index in [1.54, 1.807) is 7.11 Å². The van der Waals surface area contributed by atoms with Gasteiger partial charge in [0, 0.05) is 31.6 Å². The predicted octanol–water partition coefficient (Wildman–Crippen LogP) is 2.97. The number of nitrogens with zero attached hydrogens (tertiary/aromatic N) is 2. The number of ether oxygens (including phenoxy) is 1. The number of amides is 1. The monoisotopic (exact) mass is 331 g/mol. The van der Waals surface area contributed by atoms with Crippen molar-refractivity contribution >= 4 is 23.0 Å². The van der Waals surface area contributed by atoms with Crippen LogP contribution in [-0.4, -0.2) is 37.1 Å². The van der Waals surface area contributed by atoms with Gasteiger partial charge in [-0.25, -0.2) is 0 Å². The summed E-state index contributed by atoms with van der Waals surface area (Å²) in [7, 11) is 1.64. The molecule has 0 aliphatic carbocycles. The summed E-state index contributed by atoms with van der Waals surface area (Å²) in [5.74, 6) is 1.23. The Bertz CT molecular complexity index is 711. The lowest BCUT2D eigenvalue weighted by Gasteiger charge is -2.31. The van der Waals surface area contributed by atoms with E-state index in [-0.39, 0.29) is 11.9 Å². The van der Waals surface area contributed by atoms with Crippen molar-refractivity contribution in [2.75, 3.05) is 25.1 Å². The van der Waals surface area contributed by atoms with Crippen LogP contribution < -0.4 is 15.0 Å². The normalized spacial score (nSPS) is 18.2. The maximum atomic E-state index is 12.0. The number of hydrogen-bond acceptors (Lipinski definition) is 5. The van der Waals surface area contributed by atoms with Crippen molar-refractivity contribution in [3.63, 3.8) is 0 Å². The van der Waals surface area contributed by atoms with Crippen molar-refractivity contribution in [3.05, 3.63) is 18.2 Å². The molecule has 3 rings (SSSR count). The number of methoxy groups -OCH3 is 1. The molecule has 6 heteroatoms. The van der Waals surface area contributed by atoms with Crippen LogP contribution in [0, 0.1) is 5.92 Å². The second kappa shape index (κ2) is 7.11. The van der Waals surface area contributed by atoms with Crippen LogP contribution >= 0.6 is 0 Å². The number of nitrogens with one attached hydrogen (secondary N) is 1. The summed E-state index contributed by atoms with van der Waals surface area (Å²) in [6.45, 7) is 5.68. The van der Waals surface area contributed by atoms with E-state index in [2.05, 4.69) is 15.2 Å². The molecule has 0 bridgehead atoms. The number of anilines is 1. The molecule has 1 saturated heterocycles. The molecule has 0 spiro atoms. The first-order valence-electron chi connectivity index (χ1n) is 8.54. The largest absolute Gasteiger partial charge is 0.497 e. The number of benzene rings is 1. The molecule has 0 radical (unpaired) electrons. The number of carbonyl (C=O) groups is 1. The van der Waals surface area contributed by atoms with Crippen LogP contribution in [0.3, 0.4) is 0 Å². The molecule has 1 atom stereocenters. The molecule has 1 aromatic carbocycles. The summed E-state index contributed by atoms with van der Waals surface area (Å²) in [4.78, 5) is 18.7. The number of piperidine rings is 1. The van der Waals surface area contributed by atoms with Gasteiger partial charge in [0.2, 0.25) is 5.91 Å². The number of carbonyl (C=O) groups excluding carboxylic acids is 1. The van der Waals surface area contributed by atoms with Gasteiger partial charge in [-0.15, -0.1) is 0 Å². The van der Waals surface area contributed by atoms with Gasteiger partial charge in [0.1, 0.15) is 11.3 Å². The smallest absolute Gasteiger partial charge is 0.298 e. The lowest BCUT2D eigenvalue weighted by atomic mass is 9.94. The Hall–Kier alpha value is -2.24. The Morgan fingerprint density at radius 1 is 1.50 bits per heavy atom. The summed E-state index contributed by atoms with van der Waals surface area (Å²) in [5.41, 5.74) is 1.55. The highest BCUT2D eigenvalue weighted by atomic mass is 16.5. The number of rotatable bonds is 5. The first-order chi connectivity index (χ1) is 11.5. The molecular weight excluding hydrogens is 306 g/mol. The number of hydrogen-bond donors (Lipinski definition) is 1. The lowest BCUT2D eigenvalue weighted by molar-refractivity contribution is -0.122. The van der Waals surface area contributed by atoms with E-state index in [9.17, 15) is 4.79 Å². The SMILES string of the molecule is COc1ccc2oc(N3CCCC(CC(=O)NC(C)C)C3)nc2c1. The molecule has 1 N–H and O–H groups in total. The maximum Gasteiger partial charge on any atom is 0.298 e. The van der Waals surface area contributed by atoms with Crippen LogP contribution in [0.25, 0.3) is 11.1 Å². The third-order valence-electron chi connectivity index (χ3n) is 4.30. The fourth-order valence-corrected chi connectivity index (χ4v) is 3.21. The molecule has 0 saturated carbocycles. The zero-order valence-corrected chi connectivity index (χ0v) is 14.5. The van der Waals surface area contributed by atoms with Crippen molar-refractivity contribution in [1.29, 1.82) is 0 Å². The van der Waals surface area contributed by atoms with Gasteiger partial charge < -0.3 is 19.4 Å². The minimum absolute atomic E-state index is 0.124. The van der Waals surface area contributed by atoms with Gasteiger partial charge in [-0.1, -0.05) is 0 Å². The van der Waals surface area contributed by atoms with Crippen LogP contribution in [0.15, 0.2) is 22.6 Å². The molecule has 6 nitrogen and oxygen atoms in total. The van der Waals surface area contributed by atoms with Crippen molar-refractivity contribution < 1.29 is 13.9 Å². The third-order valence-corrected chi connectivity index (χ3v) is 4.30. The predicted molar refractivity (Wildman–Crippen MR) is 93.4 cm³/mol. The molecule has 1 aliphatic heterocycles. The molecule has 130 valence electrons. The number of fused-ring (bicyclic) bond motifs is 1. The van der Waals surface area contributed by atoms with Crippen LogP contribution in [0.4, 0.5) is 6.01 Å². The van der Waals surface area contributed by atoms with Crippen LogP contribution in [0.5, 0.6) is 5.75 Å². The molecule has 24 heavy (non-hydrogen) atoms. The van der Waals surface area contributed by atoms with Gasteiger partial charge in [0.05, 0.1) is 7.11 Å². The van der Waals surface area contributed by atoms with Crippen LogP contribution in [0.2, 0.25) is 0 Å². The van der Waals surface area contributed by atoms with Gasteiger partial charge in [-0.3, -0.25) is 4.79 Å². The quantitative estimate of drug-likeness (QED) is 0.912. The minimum atomic E-state index is 0.124. The summed E-state index contributed by atoms with van der Waals surface area (Å²) >= 11 is 0. The first-order valence-corrected chi connectivity index (χ1v) is 8.54. The average molecular weight is 331 g/mol. The molecule has 1 unspecified atom stereocenters. The Balaban J connectivity index is 1.69. The van der Waals surface area contributed by atoms with E-state index in [4.69, 9.17) is 9.15 Å². The zero-order chi connectivity index (χ0) is 17.1. The van der Waals surface area contributed by atoms with Gasteiger partial charge in [0.15, 0.2) is 5.58 Å².